The molecule has 0 bridgehead atoms. The first-order valence-electron chi connectivity index (χ1n) is 8.48. The van der Waals surface area contributed by atoms with Gasteiger partial charge in [0.15, 0.2) is 0 Å². The van der Waals surface area contributed by atoms with Crippen molar-refractivity contribution in [3.63, 3.8) is 0 Å². The fraction of sp³-hybridized carbons (Fsp3) is 1.00. The Morgan fingerprint density at radius 1 is 1.21 bits per heavy atom. The van der Waals surface area contributed by atoms with Crippen LogP contribution in [0.5, 0.6) is 0 Å². The molecule has 3 heterocycles. The highest BCUT2D eigenvalue weighted by Gasteiger charge is 2.36. The molecule has 110 valence electrons. The number of nitrogens with zero attached hydrogens (tertiary/aromatic N) is 2. The van der Waals surface area contributed by atoms with Gasteiger partial charge in [0.1, 0.15) is 0 Å². The number of hydrogen-bond acceptors (Lipinski definition) is 3. The number of hydrogen-bond donors (Lipinski definition) is 1. The van der Waals surface area contributed by atoms with Crippen molar-refractivity contribution >= 4 is 0 Å². The molecule has 3 nitrogen and oxygen atoms in total. The zero-order chi connectivity index (χ0) is 13.1. The molecule has 0 spiro atoms. The Morgan fingerprint density at radius 2 is 2.11 bits per heavy atom. The Morgan fingerprint density at radius 3 is 2.89 bits per heavy atom. The summed E-state index contributed by atoms with van der Waals surface area (Å²) in [5.74, 6) is 0. The maximum atomic E-state index is 3.61. The van der Waals surface area contributed by atoms with Gasteiger partial charge in [-0.05, 0) is 63.7 Å². The minimum absolute atomic E-state index is 0.586. The third-order valence-corrected chi connectivity index (χ3v) is 5.56. The van der Waals surface area contributed by atoms with Crippen molar-refractivity contribution in [2.24, 2.45) is 5.41 Å². The Bertz CT molecular complexity index is 286. The van der Waals surface area contributed by atoms with Crippen LogP contribution in [0.3, 0.4) is 0 Å². The zero-order valence-electron chi connectivity index (χ0n) is 12.7. The number of rotatable bonds is 4. The van der Waals surface area contributed by atoms with Crippen LogP contribution in [0, 0.1) is 5.41 Å². The molecule has 0 saturated carbocycles. The summed E-state index contributed by atoms with van der Waals surface area (Å²) >= 11 is 0. The smallest absolute Gasteiger partial charge is 0.0223 e. The standard InChI is InChI=1S/C16H31N3/c1-2-6-16(7-8-17-13-16)14-18-9-4-11-19-10-3-5-15(19)12-18/h15,17H,2-14H2,1H3. The second kappa shape index (κ2) is 6.11. The molecule has 0 aliphatic carbocycles. The van der Waals surface area contributed by atoms with Gasteiger partial charge in [-0.1, -0.05) is 13.3 Å². The number of fused-ring (bicyclic) bond motifs is 1. The normalized spacial score (nSPS) is 37.4. The molecule has 3 rings (SSSR count). The van der Waals surface area contributed by atoms with Crippen molar-refractivity contribution in [1.82, 2.24) is 15.1 Å². The maximum absolute atomic E-state index is 3.61. The lowest BCUT2D eigenvalue weighted by Gasteiger charge is -2.35. The summed E-state index contributed by atoms with van der Waals surface area (Å²) < 4.78 is 0. The molecule has 3 aliphatic rings. The summed E-state index contributed by atoms with van der Waals surface area (Å²) in [7, 11) is 0. The van der Waals surface area contributed by atoms with Gasteiger partial charge in [-0.15, -0.1) is 0 Å². The maximum Gasteiger partial charge on any atom is 0.0223 e. The van der Waals surface area contributed by atoms with E-state index in [-0.39, 0.29) is 0 Å². The van der Waals surface area contributed by atoms with Crippen LogP contribution in [0.25, 0.3) is 0 Å². The van der Waals surface area contributed by atoms with Crippen molar-refractivity contribution in [3.05, 3.63) is 0 Å². The van der Waals surface area contributed by atoms with Crippen molar-refractivity contribution in [2.45, 2.75) is 51.5 Å². The lowest BCUT2D eigenvalue weighted by Crippen LogP contribution is -2.43. The average molecular weight is 265 g/mol. The zero-order valence-corrected chi connectivity index (χ0v) is 12.7. The minimum atomic E-state index is 0.586. The van der Waals surface area contributed by atoms with E-state index in [1.165, 1.54) is 84.3 Å². The second-order valence-electron chi connectivity index (χ2n) is 7.10. The molecule has 0 amide bonds. The molecule has 1 N–H and O–H groups in total. The van der Waals surface area contributed by atoms with E-state index in [2.05, 4.69) is 22.0 Å². The molecule has 3 saturated heterocycles. The van der Waals surface area contributed by atoms with Crippen molar-refractivity contribution in [2.75, 3.05) is 45.8 Å². The van der Waals surface area contributed by atoms with Crippen LogP contribution in [-0.4, -0.2) is 61.7 Å². The van der Waals surface area contributed by atoms with E-state index in [4.69, 9.17) is 0 Å². The van der Waals surface area contributed by atoms with E-state index < -0.39 is 0 Å². The van der Waals surface area contributed by atoms with Crippen LogP contribution in [0.1, 0.15) is 45.4 Å². The Kier molecular flexibility index (Phi) is 4.45. The highest BCUT2D eigenvalue weighted by atomic mass is 15.3. The van der Waals surface area contributed by atoms with E-state index >= 15 is 0 Å². The second-order valence-corrected chi connectivity index (χ2v) is 7.10. The van der Waals surface area contributed by atoms with E-state index in [1.54, 1.807) is 0 Å². The van der Waals surface area contributed by atoms with Crippen LogP contribution in [0.15, 0.2) is 0 Å². The Hall–Kier alpha value is -0.120. The average Bonchev–Trinajstić information content (AvgIpc) is 2.97. The molecule has 0 aromatic rings. The van der Waals surface area contributed by atoms with Gasteiger partial charge in [-0.2, -0.15) is 0 Å². The highest BCUT2D eigenvalue weighted by Crippen LogP contribution is 2.33. The van der Waals surface area contributed by atoms with Crippen molar-refractivity contribution in [3.8, 4) is 0 Å². The molecular weight excluding hydrogens is 234 g/mol. The van der Waals surface area contributed by atoms with E-state index in [1.807, 2.05) is 0 Å². The molecule has 3 aliphatic heterocycles. The minimum Gasteiger partial charge on any atom is -0.316 e. The van der Waals surface area contributed by atoms with Crippen molar-refractivity contribution < 1.29 is 0 Å². The van der Waals surface area contributed by atoms with Gasteiger partial charge in [0.05, 0.1) is 0 Å². The summed E-state index contributed by atoms with van der Waals surface area (Å²) in [4.78, 5) is 5.55. The van der Waals surface area contributed by atoms with Gasteiger partial charge in [0.2, 0.25) is 0 Å². The van der Waals surface area contributed by atoms with Crippen molar-refractivity contribution in [1.29, 1.82) is 0 Å². The first kappa shape index (κ1) is 13.8. The van der Waals surface area contributed by atoms with Gasteiger partial charge in [-0.3, -0.25) is 4.90 Å². The molecule has 0 aromatic carbocycles. The molecular formula is C16H31N3. The van der Waals surface area contributed by atoms with Gasteiger partial charge in [0, 0.05) is 25.7 Å². The lowest BCUT2D eigenvalue weighted by atomic mass is 9.82. The molecule has 19 heavy (non-hydrogen) atoms. The monoisotopic (exact) mass is 265 g/mol. The first-order chi connectivity index (χ1) is 9.31. The van der Waals surface area contributed by atoms with Gasteiger partial charge in [-0.25, -0.2) is 0 Å². The number of nitrogens with one attached hydrogen (secondary N) is 1. The van der Waals surface area contributed by atoms with E-state index in [0.29, 0.717) is 5.41 Å². The van der Waals surface area contributed by atoms with E-state index in [0.717, 1.165) is 6.04 Å². The quantitative estimate of drug-likeness (QED) is 0.838. The fourth-order valence-electron chi connectivity index (χ4n) is 4.65. The summed E-state index contributed by atoms with van der Waals surface area (Å²) in [6.45, 7) is 11.6. The third-order valence-electron chi connectivity index (χ3n) is 5.56. The Labute approximate surface area is 118 Å². The third kappa shape index (κ3) is 3.14. The largest absolute Gasteiger partial charge is 0.316 e. The predicted molar refractivity (Wildman–Crippen MR) is 80.5 cm³/mol. The SMILES string of the molecule is CCCC1(CN2CCCN3CCCC3C2)CCNC1. The molecule has 2 unspecified atom stereocenters. The van der Waals surface area contributed by atoms with Crippen LogP contribution in [0.4, 0.5) is 0 Å². The van der Waals surface area contributed by atoms with E-state index in [9.17, 15) is 0 Å². The summed E-state index contributed by atoms with van der Waals surface area (Å²) in [6, 6.07) is 0.871. The summed E-state index contributed by atoms with van der Waals surface area (Å²) in [5.41, 5.74) is 0.586. The first-order valence-corrected chi connectivity index (χ1v) is 8.48. The highest BCUT2D eigenvalue weighted by molar-refractivity contribution is 4.93. The Balaban J connectivity index is 1.61. The van der Waals surface area contributed by atoms with Gasteiger partial charge < -0.3 is 10.2 Å². The summed E-state index contributed by atoms with van der Waals surface area (Å²) in [6.07, 6.45) is 8.39. The van der Waals surface area contributed by atoms with Crippen LogP contribution < -0.4 is 5.32 Å². The van der Waals surface area contributed by atoms with Gasteiger partial charge >= 0.3 is 0 Å². The topological polar surface area (TPSA) is 18.5 Å². The molecule has 0 radical (unpaired) electrons. The van der Waals surface area contributed by atoms with Gasteiger partial charge in [0.25, 0.3) is 0 Å². The fourth-order valence-corrected chi connectivity index (χ4v) is 4.65. The molecule has 0 aromatic heterocycles. The van der Waals surface area contributed by atoms with Crippen LogP contribution >= 0.6 is 0 Å². The predicted octanol–water partition coefficient (Wildman–Crippen LogP) is 1.94. The molecule has 2 atom stereocenters. The summed E-state index contributed by atoms with van der Waals surface area (Å²) in [5, 5.41) is 3.61. The lowest BCUT2D eigenvalue weighted by molar-refractivity contribution is 0.141. The van der Waals surface area contributed by atoms with Crippen LogP contribution in [-0.2, 0) is 0 Å². The van der Waals surface area contributed by atoms with Crippen LogP contribution in [0.2, 0.25) is 0 Å². The molecule has 3 fully saturated rings. The molecule has 3 heteroatoms.